The Morgan fingerprint density at radius 3 is 2.20 bits per heavy atom. The highest BCUT2D eigenvalue weighted by molar-refractivity contribution is 8.03. The zero-order chi connectivity index (χ0) is 33.2. The summed E-state index contributed by atoms with van der Waals surface area (Å²) < 4.78 is 50.9. The normalized spacial score (nSPS) is 22.6. The predicted molar refractivity (Wildman–Crippen MR) is 164 cm³/mol. The molecule has 0 spiro atoms. The number of alkyl halides is 3. The number of carbonyl (C=O) groups is 4. The molecule has 3 aliphatic rings. The molecule has 0 radical (unpaired) electrons. The number of rotatable bonds is 7. The van der Waals surface area contributed by atoms with E-state index in [2.05, 4.69) is 5.32 Å². The Morgan fingerprint density at radius 2 is 1.63 bits per heavy atom. The number of alkyl carbamates (subject to hydrolysis) is 1. The lowest BCUT2D eigenvalue weighted by Crippen LogP contribution is -2.74. The Labute approximate surface area is 268 Å². The topological polar surface area (TPSA) is 105 Å². The number of β-lactam (4-membered cyclic amide) rings is 1. The third kappa shape index (κ3) is 7.57. The van der Waals surface area contributed by atoms with Gasteiger partial charge >= 0.3 is 18.2 Å². The summed E-state index contributed by atoms with van der Waals surface area (Å²) in [5, 5.41) is 3.46. The number of likely N-dealkylation sites (tertiary alicyclic amines) is 1. The molecule has 2 saturated heterocycles. The number of hydrogen-bond acceptors (Lipinski definition) is 7. The lowest BCUT2D eigenvalue weighted by atomic mass is 9.94. The molecular formula is C33H34F3N3O6S. The first-order valence-corrected chi connectivity index (χ1v) is 15.7. The third-order valence-corrected chi connectivity index (χ3v) is 8.68. The number of carbonyl (C=O) groups excluding carboxylic acids is 4. The lowest BCUT2D eigenvalue weighted by Gasteiger charge is -2.51. The number of nitrogens with zero attached hydrogens (tertiary/aromatic N) is 2. The monoisotopic (exact) mass is 657 g/mol. The van der Waals surface area contributed by atoms with Gasteiger partial charge in [0.15, 0.2) is 12.1 Å². The van der Waals surface area contributed by atoms with E-state index in [4.69, 9.17) is 9.47 Å². The summed E-state index contributed by atoms with van der Waals surface area (Å²) in [5.41, 5.74) is 0.873. The number of piperidine rings is 1. The molecule has 0 aliphatic carbocycles. The summed E-state index contributed by atoms with van der Waals surface area (Å²) in [4.78, 5) is 55.3. The number of nitrogens with one attached hydrogen (secondary N) is 1. The Balaban J connectivity index is 1.47. The van der Waals surface area contributed by atoms with Crippen LogP contribution in [0, 0.1) is 0 Å². The SMILES string of the molecule is CC(C)(C)OC(=O)N[C@@H]1C(=O)N2[C@H](C(=O)OC(c3ccccc3)c3ccccc3)C(/C=C3\CCCN(CC(F)(F)F)C3=O)=CS[C@H]12. The van der Waals surface area contributed by atoms with Crippen LogP contribution >= 0.6 is 11.8 Å². The molecule has 9 nitrogen and oxygen atoms in total. The maximum absolute atomic E-state index is 14.1. The van der Waals surface area contributed by atoms with Gasteiger partial charge < -0.3 is 24.6 Å². The van der Waals surface area contributed by atoms with Gasteiger partial charge in [0, 0.05) is 12.1 Å². The highest BCUT2D eigenvalue weighted by Crippen LogP contribution is 2.42. The molecule has 0 bridgehead atoms. The van der Waals surface area contributed by atoms with Gasteiger partial charge in [-0.2, -0.15) is 13.2 Å². The van der Waals surface area contributed by atoms with Gasteiger partial charge in [-0.1, -0.05) is 60.7 Å². The van der Waals surface area contributed by atoms with Crippen LogP contribution in [0.5, 0.6) is 0 Å². The van der Waals surface area contributed by atoms with Crippen molar-refractivity contribution in [3.63, 3.8) is 0 Å². The number of benzene rings is 2. The van der Waals surface area contributed by atoms with Crippen LogP contribution in [0.3, 0.4) is 0 Å². The first kappa shape index (κ1) is 33.1. The molecule has 2 aromatic carbocycles. The van der Waals surface area contributed by atoms with E-state index in [-0.39, 0.29) is 24.1 Å². The number of halogens is 3. The molecule has 3 atom stereocenters. The summed E-state index contributed by atoms with van der Waals surface area (Å²) in [6.07, 6.45) is -4.31. The van der Waals surface area contributed by atoms with E-state index >= 15 is 0 Å². The van der Waals surface area contributed by atoms with Crippen LogP contribution < -0.4 is 5.32 Å². The smallest absolute Gasteiger partial charge is 0.408 e. The second-order valence-electron chi connectivity index (χ2n) is 12.2. The first-order valence-electron chi connectivity index (χ1n) is 14.8. The average molecular weight is 658 g/mol. The first-order chi connectivity index (χ1) is 21.7. The van der Waals surface area contributed by atoms with Gasteiger partial charge in [0.2, 0.25) is 11.8 Å². The number of fused-ring (bicyclic) bond motifs is 1. The van der Waals surface area contributed by atoms with E-state index in [0.717, 1.165) is 16.7 Å². The molecule has 13 heteroatoms. The minimum atomic E-state index is -4.57. The molecule has 3 aliphatic heterocycles. The number of esters is 1. The standard InChI is InChI=1S/C33H34F3N3O6S/c1-32(2,3)45-31(43)37-24-28(41)39-25(30(42)44-26(20-11-6-4-7-12-20)21-13-8-5-9-14-21)23(18-46-29(24)39)17-22-15-10-16-38(27(22)40)19-33(34,35)36/h4-9,11-14,17-18,24-26,29H,10,15-16,19H2,1-3H3,(H,37,43)/b22-17+/t24-,25+,29-/m1/s1. The van der Waals surface area contributed by atoms with Gasteiger partial charge in [0.1, 0.15) is 23.6 Å². The van der Waals surface area contributed by atoms with Crippen molar-refractivity contribution in [3.05, 3.63) is 94.4 Å². The fourth-order valence-corrected chi connectivity index (χ4v) is 6.74. The van der Waals surface area contributed by atoms with E-state index < -0.39 is 65.8 Å². The molecule has 3 amide bonds. The van der Waals surface area contributed by atoms with E-state index in [1.807, 2.05) is 12.1 Å². The van der Waals surface area contributed by atoms with Gasteiger partial charge in [0.05, 0.1) is 0 Å². The number of ether oxygens (including phenoxy) is 2. The van der Waals surface area contributed by atoms with E-state index in [1.165, 1.54) is 11.0 Å². The Hall–Kier alpha value is -4.26. The zero-order valence-electron chi connectivity index (χ0n) is 25.5. The quantitative estimate of drug-likeness (QED) is 0.239. The van der Waals surface area contributed by atoms with Crippen LogP contribution in [-0.2, 0) is 23.9 Å². The molecule has 0 saturated carbocycles. The molecule has 1 N–H and O–H groups in total. The van der Waals surface area contributed by atoms with Crippen molar-refractivity contribution in [3.8, 4) is 0 Å². The van der Waals surface area contributed by atoms with Crippen molar-refractivity contribution in [1.29, 1.82) is 0 Å². The summed E-state index contributed by atoms with van der Waals surface area (Å²) in [5.74, 6) is -2.15. The van der Waals surface area contributed by atoms with Crippen LogP contribution in [-0.4, -0.2) is 76.0 Å². The molecule has 0 unspecified atom stereocenters. The second-order valence-corrected chi connectivity index (χ2v) is 13.2. The lowest BCUT2D eigenvalue weighted by molar-refractivity contribution is -0.164. The average Bonchev–Trinajstić information content (AvgIpc) is 2.99. The number of hydrogen-bond donors (Lipinski definition) is 1. The Kier molecular flexibility index (Phi) is 9.52. The van der Waals surface area contributed by atoms with Gasteiger partial charge in [-0.05, 0) is 61.8 Å². The maximum Gasteiger partial charge on any atom is 0.408 e. The molecule has 2 fully saturated rings. The fourth-order valence-electron chi connectivity index (χ4n) is 5.55. The van der Waals surface area contributed by atoms with E-state index in [1.54, 1.807) is 74.7 Å². The summed E-state index contributed by atoms with van der Waals surface area (Å²) in [7, 11) is 0. The van der Waals surface area contributed by atoms with Crippen molar-refractivity contribution in [2.75, 3.05) is 13.1 Å². The van der Waals surface area contributed by atoms with Gasteiger partial charge in [-0.15, -0.1) is 11.8 Å². The summed E-state index contributed by atoms with van der Waals surface area (Å²) in [6.45, 7) is 3.62. The van der Waals surface area contributed by atoms with Crippen LogP contribution in [0.4, 0.5) is 18.0 Å². The second kappa shape index (κ2) is 13.2. The van der Waals surface area contributed by atoms with Gasteiger partial charge in [-0.3, -0.25) is 9.59 Å². The van der Waals surface area contributed by atoms with Crippen molar-refractivity contribution in [2.24, 2.45) is 0 Å². The molecule has 3 heterocycles. The van der Waals surface area contributed by atoms with Crippen LogP contribution in [0.25, 0.3) is 0 Å². The maximum atomic E-state index is 14.1. The van der Waals surface area contributed by atoms with E-state index in [9.17, 15) is 32.3 Å². The van der Waals surface area contributed by atoms with Crippen molar-refractivity contribution in [2.45, 2.75) is 69.0 Å². The Bertz CT molecular complexity index is 1500. The van der Waals surface area contributed by atoms with Gasteiger partial charge in [-0.25, -0.2) is 9.59 Å². The van der Waals surface area contributed by atoms with Crippen molar-refractivity contribution >= 4 is 35.6 Å². The third-order valence-electron chi connectivity index (χ3n) is 7.50. The molecule has 244 valence electrons. The largest absolute Gasteiger partial charge is 0.451 e. The van der Waals surface area contributed by atoms with Crippen LogP contribution in [0.1, 0.15) is 50.8 Å². The Morgan fingerprint density at radius 1 is 1.02 bits per heavy atom. The van der Waals surface area contributed by atoms with Crippen molar-refractivity contribution in [1.82, 2.24) is 15.1 Å². The fraction of sp³-hybridized carbons (Fsp3) is 0.394. The molecule has 46 heavy (non-hydrogen) atoms. The number of thioether (sulfide) groups is 1. The van der Waals surface area contributed by atoms with Crippen molar-refractivity contribution < 1.29 is 41.8 Å². The number of amides is 3. The van der Waals surface area contributed by atoms with E-state index in [0.29, 0.717) is 17.5 Å². The van der Waals surface area contributed by atoms with Crippen LogP contribution in [0.2, 0.25) is 0 Å². The molecular weight excluding hydrogens is 623 g/mol. The minimum absolute atomic E-state index is 0.0461. The minimum Gasteiger partial charge on any atom is -0.451 e. The van der Waals surface area contributed by atoms with Crippen LogP contribution in [0.15, 0.2) is 83.3 Å². The van der Waals surface area contributed by atoms with Gasteiger partial charge in [0.25, 0.3) is 0 Å². The molecule has 0 aromatic heterocycles. The highest BCUT2D eigenvalue weighted by atomic mass is 32.2. The summed E-state index contributed by atoms with van der Waals surface area (Å²) in [6, 6.07) is 15.7. The summed E-state index contributed by atoms with van der Waals surface area (Å²) >= 11 is 1.14. The molecule has 2 aromatic rings. The molecule has 5 rings (SSSR count). The predicted octanol–water partition coefficient (Wildman–Crippen LogP) is 5.49. The zero-order valence-corrected chi connectivity index (χ0v) is 26.3. The highest BCUT2D eigenvalue weighted by Gasteiger charge is 2.56.